The molecular weight excluding hydrogens is 252 g/mol. The van der Waals surface area contributed by atoms with Gasteiger partial charge in [0.05, 0.1) is 0 Å². The van der Waals surface area contributed by atoms with E-state index in [2.05, 4.69) is 38.9 Å². The summed E-state index contributed by atoms with van der Waals surface area (Å²) in [5, 5.41) is 3.20. The van der Waals surface area contributed by atoms with Gasteiger partial charge in [0.25, 0.3) is 0 Å². The molecule has 3 N–H and O–H groups in total. The Bertz CT molecular complexity index is 428. The van der Waals surface area contributed by atoms with Crippen LogP contribution in [-0.2, 0) is 0 Å². The Morgan fingerprint density at radius 1 is 1.25 bits per heavy atom. The summed E-state index contributed by atoms with van der Waals surface area (Å²) >= 11 is 0. The highest BCUT2D eigenvalue weighted by Crippen LogP contribution is 2.19. The van der Waals surface area contributed by atoms with Crippen LogP contribution in [0.1, 0.15) is 27.2 Å². The van der Waals surface area contributed by atoms with Gasteiger partial charge < -0.3 is 16.0 Å². The number of anilines is 3. The van der Waals surface area contributed by atoms with Crippen molar-refractivity contribution in [3.8, 4) is 0 Å². The molecule has 1 saturated heterocycles. The molecule has 1 unspecified atom stereocenters. The highest BCUT2D eigenvalue weighted by molar-refractivity contribution is 5.52. The van der Waals surface area contributed by atoms with Crippen molar-refractivity contribution in [3.05, 3.63) is 6.07 Å². The smallest absolute Gasteiger partial charge is 0.223 e. The molecule has 0 bridgehead atoms. The molecule has 0 amide bonds. The van der Waals surface area contributed by atoms with Gasteiger partial charge in [-0.1, -0.05) is 6.92 Å². The number of aromatic nitrogens is 2. The minimum Gasteiger partial charge on any atom is -0.370 e. The largest absolute Gasteiger partial charge is 0.370 e. The van der Waals surface area contributed by atoms with Crippen molar-refractivity contribution in [3.63, 3.8) is 0 Å². The number of nitrogens with two attached hydrogens (primary N) is 1. The maximum absolute atomic E-state index is 5.79. The van der Waals surface area contributed by atoms with Gasteiger partial charge in [0.1, 0.15) is 11.6 Å². The lowest BCUT2D eigenvalue weighted by Gasteiger charge is -2.38. The summed E-state index contributed by atoms with van der Waals surface area (Å²) in [5.41, 5.74) is 5.79. The zero-order valence-electron chi connectivity index (χ0n) is 12.8. The van der Waals surface area contributed by atoms with Crippen LogP contribution >= 0.6 is 0 Å². The van der Waals surface area contributed by atoms with Crippen LogP contribution in [0.25, 0.3) is 0 Å². The Hall–Kier alpha value is -1.56. The topological polar surface area (TPSA) is 70.3 Å². The summed E-state index contributed by atoms with van der Waals surface area (Å²) in [6.07, 6.45) is 1.20. The van der Waals surface area contributed by atoms with Crippen molar-refractivity contribution in [1.82, 2.24) is 14.9 Å². The lowest BCUT2D eigenvalue weighted by Crippen LogP contribution is -2.49. The number of rotatable bonds is 5. The SMILES string of the molecule is CCNc1cc(N2CCN(C(C)CC)CC2)nc(N)n1. The van der Waals surface area contributed by atoms with E-state index >= 15 is 0 Å². The third kappa shape index (κ3) is 3.50. The fraction of sp³-hybridized carbons (Fsp3) is 0.714. The molecule has 1 aliphatic rings. The molecule has 112 valence electrons. The predicted octanol–water partition coefficient (Wildman–Crippen LogP) is 1.41. The molecule has 0 radical (unpaired) electrons. The predicted molar refractivity (Wildman–Crippen MR) is 84.1 cm³/mol. The summed E-state index contributed by atoms with van der Waals surface area (Å²) in [6, 6.07) is 2.64. The van der Waals surface area contributed by atoms with Crippen molar-refractivity contribution >= 4 is 17.6 Å². The van der Waals surface area contributed by atoms with Gasteiger partial charge in [-0.2, -0.15) is 9.97 Å². The van der Waals surface area contributed by atoms with Crippen LogP contribution in [0.15, 0.2) is 6.07 Å². The van der Waals surface area contributed by atoms with Crippen LogP contribution < -0.4 is 16.0 Å². The van der Waals surface area contributed by atoms with Crippen molar-refractivity contribution in [2.24, 2.45) is 0 Å². The van der Waals surface area contributed by atoms with E-state index < -0.39 is 0 Å². The van der Waals surface area contributed by atoms with Gasteiger partial charge >= 0.3 is 0 Å². The Morgan fingerprint density at radius 3 is 2.55 bits per heavy atom. The van der Waals surface area contributed by atoms with Crippen LogP contribution in [0.3, 0.4) is 0 Å². The maximum Gasteiger partial charge on any atom is 0.223 e. The van der Waals surface area contributed by atoms with E-state index in [0.29, 0.717) is 12.0 Å². The quantitative estimate of drug-likeness (QED) is 0.848. The van der Waals surface area contributed by atoms with Gasteiger partial charge in [-0.25, -0.2) is 0 Å². The summed E-state index contributed by atoms with van der Waals surface area (Å²) in [6.45, 7) is 11.6. The summed E-state index contributed by atoms with van der Waals surface area (Å²) in [7, 11) is 0. The molecule has 1 atom stereocenters. The molecule has 1 aliphatic heterocycles. The fourth-order valence-corrected chi connectivity index (χ4v) is 2.54. The number of piperazine rings is 1. The Labute approximate surface area is 121 Å². The first-order chi connectivity index (χ1) is 9.63. The summed E-state index contributed by atoms with van der Waals surface area (Å²) in [4.78, 5) is 13.4. The second-order valence-electron chi connectivity index (χ2n) is 5.28. The van der Waals surface area contributed by atoms with Gasteiger partial charge in [0.2, 0.25) is 5.95 Å². The first-order valence-corrected chi connectivity index (χ1v) is 7.51. The van der Waals surface area contributed by atoms with Gasteiger partial charge in [-0.15, -0.1) is 0 Å². The number of hydrogen-bond acceptors (Lipinski definition) is 6. The molecule has 0 spiro atoms. The molecule has 1 aromatic rings. The average molecular weight is 278 g/mol. The number of nitrogen functional groups attached to an aromatic ring is 1. The van der Waals surface area contributed by atoms with E-state index in [9.17, 15) is 0 Å². The van der Waals surface area contributed by atoms with E-state index in [1.54, 1.807) is 0 Å². The third-order valence-corrected chi connectivity index (χ3v) is 3.94. The molecule has 1 aromatic heterocycles. The number of hydrogen-bond donors (Lipinski definition) is 2. The Morgan fingerprint density at radius 2 is 1.95 bits per heavy atom. The zero-order chi connectivity index (χ0) is 14.5. The van der Waals surface area contributed by atoms with E-state index in [0.717, 1.165) is 44.4 Å². The van der Waals surface area contributed by atoms with Crippen LogP contribution in [0, 0.1) is 0 Å². The van der Waals surface area contributed by atoms with Crippen LogP contribution in [-0.4, -0.2) is 53.6 Å². The Kier molecular flexibility index (Phi) is 5.00. The highest BCUT2D eigenvalue weighted by atomic mass is 15.3. The highest BCUT2D eigenvalue weighted by Gasteiger charge is 2.21. The van der Waals surface area contributed by atoms with Crippen molar-refractivity contribution in [2.45, 2.75) is 33.2 Å². The maximum atomic E-state index is 5.79. The number of nitrogens with one attached hydrogen (secondary N) is 1. The lowest BCUT2D eigenvalue weighted by molar-refractivity contribution is 0.192. The molecular formula is C14H26N6. The Balaban J connectivity index is 2.03. The van der Waals surface area contributed by atoms with Crippen LogP contribution in [0.5, 0.6) is 0 Å². The second kappa shape index (κ2) is 6.74. The molecule has 6 nitrogen and oxygen atoms in total. The summed E-state index contributed by atoms with van der Waals surface area (Å²) in [5.74, 6) is 2.07. The third-order valence-electron chi connectivity index (χ3n) is 3.94. The van der Waals surface area contributed by atoms with E-state index in [1.165, 1.54) is 6.42 Å². The molecule has 0 aromatic carbocycles. The standard InChI is InChI=1S/C14H26N6/c1-4-11(3)19-6-8-20(9-7-19)13-10-12(16-5-2)17-14(15)18-13/h10-11H,4-9H2,1-3H3,(H3,15,16,17,18). The van der Waals surface area contributed by atoms with E-state index in [1.807, 2.05) is 13.0 Å². The van der Waals surface area contributed by atoms with E-state index in [4.69, 9.17) is 5.73 Å². The van der Waals surface area contributed by atoms with Gasteiger partial charge in [0.15, 0.2) is 0 Å². The van der Waals surface area contributed by atoms with Crippen molar-refractivity contribution < 1.29 is 0 Å². The molecule has 2 rings (SSSR count). The van der Waals surface area contributed by atoms with Crippen LogP contribution in [0.4, 0.5) is 17.6 Å². The van der Waals surface area contributed by atoms with Gasteiger partial charge in [-0.05, 0) is 20.3 Å². The van der Waals surface area contributed by atoms with Gasteiger partial charge in [-0.3, -0.25) is 4.90 Å². The molecule has 20 heavy (non-hydrogen) atoms. The number of nitrogens with zero attached hydrogens (tertiary/aromatic N) is 4. The first-order valence-electron chi connectivity index (χ1n) is 7.51. The van der Waals surface area contributed by atoms with Crippen LogP contribution in [0.2, 0.25) is 0 Å². The lowest BCUT2D eigenvalue weighted by atomic mass is 10.2. The minimum atomic E-state index is 0.336. The molecule has 1 fully saturated rings. The zero-order valence-corrected chi connectivity index (χ0v) is 12.8. The summed E-state index contributed by atoms with van der Waals surface area (Å²) < 4.78 is 0. The molecule has 6 heteroatoms. The molecule has 2 heterocycles. The average Bonchev–Trinajstić information content (AvgIpc) is 2.46. The second-order valence-corrected chi connectivity index (χ2v) is 5.28. The first kappa shape index (κ1) is 14.8. The monoisotopic (exact) mass is 278 g/mol. The minimum absolute atomic E-state index is 0.336. The van der Waals surface area contributed by atoms with Crippen molar-refractivity contribution in [1.29, 1.82) is 0 Å². The van der Waals surface area contributed by atoms with E-state index in [-0.39, 0.29) is 0 Å². The normalized spacial score (nSPS) is 18.1. The fourth-order valence-electron chi connectivity index (χ4n) is 2.54. The van der Waals surface area contributed by atoms with Gasteiger partial charge in [0, 0.05) is 44.8 Å². The molecule has 0 aliphatic carbocycles. The van der Waals surface area contributed by atoms with Crippen molar-refractivity contribution in [2.75, 3.05) is 48.7 Å². The molecule has 0 saturated carbocycles.